The van der Waals surface area contributed by atoms with E-state index in [1.807, 2.05) is 0 Å². The number of nitrogens with one attached hydrogen (secondary N) is 2. The fraction of sp³-hybridized carbons (Fsp3) is 0.0667. The van der Waals surface area contributed by atoms with Crippen molar-refractivity contribution in [1.29, 1.82) is 0 Å². The first-order chi connectivity index (χ1) is 12.4. The third-order valence-electron chi connectivity index (χ3n) is 3.67. The molecule has 0 aliphatic carbocycles. The number of anilines is 1. The van der Waals surface area contributed by atoms with Crippen LogP contribution in [0.4, 0.5) is 5.69 Å². The number of hydrogen-bond donors (Lipinski definition) is 2. The van der Waals surface area contributed by atoms with Crippen molar-refractivity contribution in [3.63, 3.8) is 0 Å². The lowest BCUT2D eigenvalue weighted by atomic mass is 10.3. The monoisotopic (exact) mass is 372 g/mol. The van der Waals surface area contributed by atoms with Gasteiger partial charge in [-0.3, -0.25) is 9.71 Å². The second kappa shape index (κ2) is 5.81. The topological polar surface area (TPSA) is 136 Å². The van der Waals surface area contributed by atoms with Crippen molar-refractivity contribution in [3.8, 4) is 5.69 Å². The van der Waals surface area contributed by atoms with E-state index < -0.39 is 15.8 Å². The minimum absolute atomic E-state index is 0.0308. The van der Waals surface area contributed by atoms with Gasteiger partial charge < -0.3 is 4.42 Å². The molecule has 132 valence electrons. The minimum Gasteiger partial charge on any atom is -0.408 e. The maximum absolute atomic E-state index is 12.6. The molecule has 0 atom stereocenters. The molecule has 4 aromatic rings. The van der Waals surface area contributed by atoms with Crippen LogP contribution in [-0.2, 0) is 10.0 Å². The molecular weight excluding hydrogens is 360 g/mol. The largest absolute Gasteiger partial charge is 0.417 e. The normalized spacial score (nSPS) is 11.7. The summed E-state index contributed by atoms with van der Waals surface area (Å²) in [5.41, 5.74) is 1.54. The van der Waals surface area contributed by atoms with Gasteiger partial charge in [-0.05, 0) is 47.7 Å². The number of hydrogen-bond acceptors (Lipinski definition) is 7. The van der Waals surface area contributed by atoms with Gasteiger partial charge in [0, 0.05) is 6.07 Å². The van der Waals surface area contributed by atoms with Gasteiger partial charge in [-0.25, -0.2) is 13.2 Å². The molecule has 0 saturated carbocycles. The molecular formula is C15H12N6O4S. The van der Waals surface area contributed by atoms with Crippen LogP contribution >= 0.6 is 0 Å². The third kappa shape index (κ3) is 2.84. The summed E-state index contributed by atoms with van der Waals surface area (Å²) in [6.07, 6.45) is 0. The van der Waals surface area contributed by atoms with Crippen LogP contribution in [0.5, 0.6) is 0 Å². The minimum atomic E-state index is -3.88. The first kappa shape index (κ1) is 16.0. The van der Waals surface area contributed by atoms with Crippen LogP contribution in [0.3, 0.4) is 0 Å². The molecule has 26 heavy (non-hydrogen) atoms. The Labute approximate surface area is 146 Å². The number of benzene rings is 2. The van der Waals surface area contributed by atoms with Gasteiger partial charge >= 0.3 is 5.76 Å². The van der Waals surface area contributed by atoms with Crippen molar-refractivity contribution in [2.24, 2.45) is 0 Å². The Balaban J connectivity index is 1.69. The second-order valence-electron chi connectivity index (χ2n) is 5.47. The molecule has 10 nitrogen and oxygen atoms in total. The van der Waals surface area contributed by atoms with Gasteiger partial charge in [-0.15, -0.1) is 5.10 Å². The van der Waals surface area contributed by atoms with E-state index in [0.29, 0.717) is 22.7 Å². The van der Waals surface area contributed by atoms with Crippen molar-refractivity contribution in [1.82, 2.24) is 25.2 Å². The van der Waals surface area contributed by atoms with E-state index in [-0.39, 0.29) is 10.5 Å². The first-order valence-electron chi connectivity index (χ1n) is 7.43. The molecule has 0 fully saturated rings. The number of aromatic nitrogens is 5. The van der Waals surface area contributed by atoms with Gasteiger partial charge in [0.2, 0.25) is 0 Å². The van der Waals surface area contributed by atoms with Crippen molar-refractivity contribution in [2.45, 2.75) is 11.8 Å². The van der Waals surface area contributed by atoms with Crippen LogP contribution in [0.1, 0.15) is 5.82 Å². The standard InChI is InChI=1S/C15H12N6O4S/c1-9-17-19-20-21(9)11-4-2-3-10(7-11)18-26(23,24)12-5-6-13-14(8-12)25-15(22)16-13/h2-8,18H,1H3,(H,16,22). The Morgan fingerprint density at radius 1 is 1.19 bits per heavy atom. The van der Waals surface area contributed by atoms with Crippen LogP contribution in [-0.4, -0.2) is 33.6 Å². The van der Waals surface area contributed by atoms with E-state index in [1.165, 1.54) is 22.9 Å². The van der Waals surface area contributed by atoms with Crippen LogP contribution in [0, 0.1) is 6.92 Å². The highest BCUT2D eigenvalue weighted by atomic mass is 32.2. The highest BCUT2D eigenvalue weighted by molar-refractivity contribution is 7.92. The van der Waals surface area contributed by atoms with Crippen LogP contribution in [0.25, 0.3) is 16.8 Å². The Kier molecular flexibility index (Phi) is 3.58. The molecule has 0 unspecified atom stereocenters. The molecule has 2 aromatic heterocycles. The van der Waals surface area contributed by atoms with E-state index >= 15 is 0 Å². The third-order valence-corrected chi connectivity index (χ3v) is 5.05. The molecule has 0 saturated heterocycles. The number of rotatable bonds is 4. The summed E-state index contributed by atoms with van der Waals surface area (Å²) in [5, 5.41) is 11.2. The SMILES string of the molecule is Cc1nnnn1-c1cccc(NS(=O)(=O)c2ccc3[nH]c(=O)oc3c2)c1. The van der Waals surface area contributed by atoms with Gasteiger partial charge in [0.25, 0.3) is 10.0 Å². The molecule has 0 aliphatic heterocycles. The molecule has 0 amide bonds. The number of H-pyrrole nitrogens is 1. The Morgan fingerprint density at radius 3 is 2.81 bits per heavy atom. The lowest BCUT2D eigenvalue weighted by Crippen LogP contribution is -2.13. The van der Waals surface area contributed by atoms with Gasteiger partial charge in [-0.2, -0.15) is 4.68 Å². The predicted molar refractivity (Wildman–Crippen MR) is 91.5 cm³/mol. The summed E-state index contributed by atoms with van der Waals surface area (Å²) < 4.78 is 34.1. The fourth-order valence-electron chi connectivity index (χ4n) is 2.48. The molecule has 0 bridgehead atoms. The van der Waals surface area contributed by atoms with E-state index in [1.54, 1.807) is 31.2 Å². The van der Waals surface area contributed by atoms with Crippen molar-refractivity contribution >= 4 is 26.8 Å². The summed E-state index contributed by atoms with van der Waals surface area (Å²) in [7, 11) is -3.88. The predicted octanol–water partition coefficient (Wildman–Crippen LogP) is 1.21. The Morgan fingerprint density at radius 2 is 2.04 bits per heavy atom. The lowest BCUT2D eigenvalue weighted by Gasteiger charge is -2.09. The second-order valence-corrected chi connectivity index (χ2v) is 7.15. The van der Waals surface area contributed by atoms with Gasteiger partial charge in [0.1, 0.15) is 0 Å². The molecule has 0 aliphatic rings. The Hall–Kier alpha value is -3.47. The zero-order valence-electron chi connectivity index (χ0n) is 13.4. The molecule has 0 spiro atoms. The first-order valence-corrected chi connectivity index (χ1v) is 8.92. The van der Waals surface area contributed by atoms with Crippen molar-refractivity contribution in [2.75, 3.05) is 4.72 Å². The number of tetrazole rings is 1. The van der Waals surface area contributed by atoms with Gasteiger partial charge in [0.05, 0.1) is 21.8 Å². The summed E-state index contributed by atoms with van der Waals surface area (Å²) in [6.45, 7) is 1.73. The molecule has 4 rings (SSSR count). The average Bonchev–Trinajstić information content (AvgIpc) is 3.18. The van der Waals surface area contributed by atoms with Crippen LogP contribution in [0.2, 0.25) is 0 Å². The summed E-state index contributed by atoms with van der Waals surface area (Å²) in [5.74, 6) is -0.0787. The summed E-state index contributed by atoms with van der Waals surface area (Å²) in [6, 6.07) is 10.8. The molecule has 0 radical (unpaired) electrons. The van der Waals surface area contributed by atoms with E-state index in [0.717, 1.165) is 0 Å². The smallest absolute Gasteiger partial charge is 0.408 e. The molecule has 2 aromatic carbocycles. The number of aryl methyl sites for hydroxylation is 1. The highest BCUT2D eigenvalue weighted by Crippen LogP contribution is 2.21. The van der Waals surface area contributed by atoms with Crippen LogP contribution in [0.15, 0.2) is 56.6 Å². The van der Waals surface area contributed by atoms with Crippen molar-refractivity contribution < 1.29 is 12.8 Å². The highest BCUT2D eigenvalue weighted by Gasteiger charge is 2.17. The summed E-state index contributed by atoms with van der Waals surface area (Å²) in [4.78, 5) is 13.6. The van der Waals surface area contributed by atoms with Gasteiger partial charge in [0.15, 0.2) is 11.4 Å². The zero-order valence-corrected chi connectivity index (χ0v) is 14.2. The quantitative estimate of drug-likeness (QED) is 0.549. The fourth-order valence-corrected chi connectivity index (χ4v) is 3.54. The average molecular weight is 372 g/mol. The summed E-state index contributed by atoms with van der Waals surface area (Å²) >= 11 is 0. The van der Waals surface area contributed by atoms with E-state index in [4.69, 9.17) is 4.42 Å². The Bertz CT molecular complexity index is 1270. The van der Waals surface area contributed by atoms with Gasteiger partial charge in [-0.1, -0.05) is 6.07 Å². The number of nitrogens with zero attached hydrogens (tertiary/aromatic N) is 4. The number of fused-ring (bicyclic) bond motifs is 1. The van der Waals surface area contributed by atoms with E-state index in [9.17, 15) is 13.2 Å². The van der Waals surface area contributed by atoms with Crippen LogP contribution < -0.4 is 10.5 Å². The zero-order chi connectivity index (χ0) is 18.3. The number of aromatic amines is 1. The maximum Gasteiger partial charge on any atom is 0.417 e. The maximum atomic E-state index is 12.6. The van der Waals surface area contributed by atoms with Crippen molar-refractivity contribution in [3.05, 3.63) is 58.8 Å². The van der Waals surface area contributed by atoms with E-state index in [2.05, 4.69) is 25.2 Å². The number of oxazole rings is 1. The molecule has 2 heterocycles. The molecule has 11 heteroatoms. The molecule has 2 N–H and O–H groups in total. The number of sulfonamides is 1. The lowest BCUT2D eigenvalue weighted by molar-refractivity contribution is 0.554.